The lowest BCUT2D eigenvalue weighted by Gasteiger charge is -2.56. The largest absolute Gasteiger partial charge is 0.316 e. The van der Waals surface area contributed by atoms with Gasteiger partial charge in [0, 0.05) is 0 Å². The number of hydrogen-bond acceptors (Lipinski definition) is 1. The average molecular weight is 125 g/mol. The van der Waals surface area contributed by atoms with Gasteiger partial charge in [0.05, 0.1) is 0 Å². The monoisotopic (exact) mass is 125 g/mol. The van der Waals surface area contributed by atoms with E-state index in [4.69, 9.17) is 0 Å². The van der Waals surface area contributed by atoms with Crippen LogP contribution in [0, 0.1) is 17.3 Å². The smallest absolute Gasteiger partial charge is 0.00151 e. The Morgan fingerprint density at radius 1 is 1.22 bits per heavy atom. The Morgan fingerprint density at radius 3 is 2.00 bits per heavy atom. The van der Waals surface area contributed by atoms with Crippen molar-refractivity contribution in [2.45, 2.75) is 20.3 Å². The van der Waals surface area contributed by atoms with E-state index in [9.17, 15) is 0 Å². The predicted octanol–water partition coefficient (Wildman–Crippen LogP) is 1.25. The van der Waals surface area contributed by atoms with E-state index in [1.807, 2.05) is 0 Å². The Bertz CT molecular complexity index is 113. The molecule has 1 N–H and O–H groups in total. The first-order valence-electron chi connectivity index (χ1n) is 3.92. The van der Waals surface area contributed by atoms with Crippen LogP contribution in [-0.4, -0.2) is 13.1 Å². The van der Waals surface area contributed by atoms with E-state index in [-0.39, 0.29) is 0 Å². The quantitative estimate of drug-likeness (QED) is 0.514. The van der Waals surface area contributed by atoms with Gasteiger partial charge in [0.2, 0.25) is 0 Å². The zero-order chi connectivity index (χ0) is 6.48. The van der Waals surface area contributed by atoms with Crippen LogP contribution in [0.15, 0.2) is 0 Å². The minimum absolute atomic E-state index is 0.672. The van der Waals surface area contributed by atoms with Gasteiger partial charge in [0.25, 0.3) is 0 Å². The Morgan fingerprint density at radius 2 is 1.78 bits per heavy atom. The Hall–Kier alpha value is -0.0400. The second kappa shape index (κ2) is 1.51. The lowest BCUT2D eigenvalue weighted by atomic mass is 9.53. The van der Waals surface area contributed by atoms with Crippen molar-refractivity contribution in [3.8, 4) is 0 Å². The fraction of sp³-hybridized carbons (Fsp3) is 1.00. The van der Waals surface area contributed by atoms with Gasteiger partial charge in [0.15, 0.2) is 0 Å². The third kappa shape index (κ3) is 0.586. The lowest BCUT2D eigenvalue weighted by Crippen LogP contribution is -2.58. The molecule has 0 spiro atoms. The first-order valence-corrected chi connectivity index (χ1v) is 3.92. The van der Waals surface area contributed by atoms with E-state index < -0.39 is 0 Å². The first kappa shape index (κ1) is 5.72. The zero-order valence-electron chi connectivity index (χ0n) is 6.28. The molecule has 1 nitrogen and oxygen atoms in total. The summed E-state index contributed by atoms with van der Waals surface area (Å²) in [6.07, 6.45) is 1.49. The third-order valence-electron chi connectivity index (χ3n) is 3.45. The normalized spacial score (nSPS) is 46.0. The highest BCUT2D eigenvalue weighted by atomic mass is 14.9. The molecule has 1 saturated carbocycles. The van der Waals surface area contributed by atoms with Crippen molar-refractivity contribution < 1.29 is 0 Å². The first-order chi connectivity index (χ1) is 4.21. The van der Waals surface area contributed by atoms with E-state index in [2.05, 4.69) is 19.2 Å². The molecule has 2 heterocycles. The molecule has 2 bridgehead atoms. The molecule has 2 unspecified atom stereocenters. The summed E-state index contributed by atoms with van der Waals surface area (Å²) >= 11 is 0. The van der Waals surface area contributed by atoms with Gasteiger partial charge in [-0.05, 0) is 36.8 Å². The highest BCUT2D eigenvalue weighted by molar-refractivity contribution is 5.01. The van der Waals surface area contributed by atoms with Gasteiger partial charge in [0.1, 0.15) is 0 Å². The number of fused-ring (bicyclic) bond motifs is 2. The van der Waals surface area contributed by atoms with Crippen LogP contribution < -0.4 is 5.32 Å². The van der Waals surface area contributed by atoms with Crippen LogP contribution in [0.4, 0.5) is 0 Å². The summed E-state index contributed by atoms with van der Waals surface area (Å²) in [4.78, 5) is 0. The van der Waals surface area contributed by atoms with Crippen LogP contribution in [0.2, 0.25) is 0 Å². The van der Waals surface area contributed by atoms with Crippen LogP contribution in [0.25, 0.3) is 0 Å². The predicted molar refractivity (Wildman–Crippen MR) is 38.2 cm³/mol. The van der Waals surface area contributed by atoms with Crippen molar-refractivity contribution in [2.24, 2.45) is 17.3 Å². The van der Waals surface area contributed by atoms with E-state index in [0.717, 1.165) is 11.8 Å². The minimum Gasteiger partial charge on any atom is -0.316 e. The van der Waals surface area contributed by atoms with Crippen molar-refractivity contribution in [3.05, 3.63) is 0 Å². The SMILES string of the molecule is CC1(C)C2CNCC1C2. The molecular weight excluding hydrogens is 110 g/mol. The topological polar surface area (TPSA) is 12.0 Å². The van der Waals surface area contributed by atoms with Crippen molar-refractivity contribution in [1.29, 1.82) is 0 Å². The minimum atomic E-state index is 0.672. The number of hydrogen-bond donors (Lipinski definition) is 1. The second-order valence-corrected chi connectivity index (χ2v) is 4.11. The molecule has 0 aromatic carbocycles. The average Bonchev–Trinajstić information content (AvgIpc) is 1.89. The molecule has 1 aliphatic carbocycles. The number of nitrogens with one attached hydrogen (secondary N) is 1. The summed E-state index contributed by atoms with van der Waals surface area (Å²) in [5.74, 6) is 1.97. The number of piperidine rings is 2. The van der Waals surface area contributed by atoms with Gasteiger partial charge in [-0.3, -0.25) is 0 Å². The van der Waals surface area contributed by atoms with Crippen LogP contribution in [0.1, 0.15) is 20.3 Å². The molecule has 2 saturated heterocycles. The van der Waals surface area contributed by atoms with Crippen molar-refractivity contribution in [3.63, 3.8) is 0 Å². The van der Waals surface area contributed by atoms with Gasteiger partial charge >= 0.3 is 0 Å². The summed E-state index contributed by atoms with van der Waals surface area (Å²) in [5, 5.41) is 3.44. The molecule has 0 aromatic rings. The summed E-state index contributed by atoms with van der Waals surface area (Å²) < 4.78 is 0. The van der Waals surface area contributed by atoms with Crippen molar-refractivity contribution in [2.75, 3.05) is 13.1 Å². The molecule has 2 aliphatic heterocycles. The molecule has 3 aliphatic rings. The standard InChI is InChI=1S/C8H15N/c1-8(2)6-3-7(8)5-9-4-6/h6-7,9H,3-5H2,1-2H3. The molecular formula is C8H15N. The lowest BCUT2D eigenvalue weighted by molar-refractivity contribution is -0.0494. The maximum atomic E-state index is 3.44. The van der Waals surface area contributed by atoms with Crippen molar-refractivity contribution >= 4 is 0 Å². The fourth-order valence-electron chi connectivity index (χ4n) is 2.25. The molecule has 0 radical (unpaired) electrons. The molecule has 3 rings (SSSR count). The van der Waals surface area contributed by atoms with Gasteiger partial charge < -0.3 is 5.32 Å². The van der Waals surface area contributed by atoms with Crippen LogP contribution in [0.5, 0.6) is 0 Å². The van der Waals surface area contributed by atoms with E-state index in [1.165, 1.54) is 19.5 Å². The summed E-state index contributed by atoms with van der Waals surface area (Å²) in [5.41, 5.74) is 0.672. The molecule has 3 fully saturated rings. The van der Waals surface area contributed by atoms with Crippen LogP contribution in [0.3, 0.4) is 0 Å². The number of rotatable bonds is 0. The molecule has 52 valence electrons. The van der Waals surface area contributed by atoms with Gasteiger partial charge in [-0.25, -0.2) is 0 Å². The Balaban J connectivity index is 2.13. The molecule has 0 amide bonds. The summed E-state index contributed by atoms with van der Waals surface area (Å²) in [6.45, 7) is 7.35. The van der Waals surface area contributed by atoms with E-state index in [1.54, 1.807) is 0 Å². The molecule has 2 atom stereocenters. The summed E-state index contributed by atoms with van der Waals surface area (Å²) in [7, 11) is 0. The maximum absolute atomic E-state index is 3.44. The fourth-order valence-corrected chi connectivity index (χ4v) is 2.25. The zero-order valence-corrected chi connectivity index (χ0v) is 6.28. The van der Waals surface area contributed by atoms with E-state index in [0.29, 0.717) is 5.41 Å². The summed E-state index contributed by atoms with van der Waals surface area (Å²) in [6, 6.07) is 0. The third-order valence-corrected chi connectivity index (χ3v) is 3.45. The maximum Gasteiger partial charge on any atom is -0.00151 e. The highest BCUT2D eigenvalue weighted by Crippen LogP contribution is 2.52. The molecule has 0 aromatic heterocycles. The van der Waals surface area contributed by atoms with Crippen LogP contribution in [-0.2, 0) is 0 Å². The van der Waals surface area contributed by atoms with Crippen LogP contribution >= 0.6 is 0 Å². The second-order valence-electron chi connectivity index (χ2n) is 4.11. The Labute approximate surface area is 56.8 Å². The van der Waals surface area contributed by atoms with Gasteiger partial charge in [-0.15, -0.1) is 0 Å². The Kier molecular flexibility index (Phi) is 0.963. The molecule has 1 heteroatoms. The highest BCUT2D eigenvalue weighted by Gasteiger charge is 2.49. The molecule has 9 heavy (non-hydrogen) atoms. The van der Waals surface area contributed by atoms with E-state index >= 15 is 0 Å². The van der Waals surface area contributed by atoms with Gasteiger partial charge in [-0.1, -0.05) is 13.8 Å². The van der Waals surface area contributed by atoms with Crippen molar-refractivity contribution in [1.82, 2.24) is 5.32 Å². The van der Waals surface area contributed by atoms with Gasteiger partial charge in [-0.2, -0.15) is 0 Å².